The monoisotopic (exact) mass is 484 g/mol. The quantitative estimate of drug-likeness (QED) is 0.434. The Morgan fingerprint density at radius 1 is 1.17 bits per heavy atom. The summed E-state index contributed by atoms with van der Waals surface area (Å²) in [7, 11) is 1.64. The number of fused-ring (bicyclic) bond motifs is 3. The van der Waals surface area contributed by atoms with E-state index in [1.54, 1.807) is 18.4 Å². The molecule has 0 amide bonds. The summed E-state index contributed by atoms with van der Waals surface area (Å²) in [6.07, 6.45) is 0.477. The molecule has 0 saturated carbocycles. The van der Waals surface area contributed by atoms with Crippen molar-refractivity contribution in [1.29, 1.82) is 0 Å². The minimum atomic E-state index is -0.373. The van der Waals surface area contributed by atoms with Crippen LogP contribution in [0.3, 0.4) is 0 Å². The van der Waals surface area contributed by atoms with Gasteiger partial charge in [-0.05, 0) is 36.6 Å². The van der Waals surface area contributed by atoms with E-state index >= 15 is 0 Å². The third kappa shape index (κ3) is 3.26. The van der Waals surface area contributed by atoms with Gasteiger partial charge in [0, 0.05) is 22.0 Å². The van der Waals surface area contributed by atoms with Crippen molar-refractivity contribution in [3.63, 3.8) is 0 Å². The van der Waals surface area contributed by atoms with Crippen LogP contribution in [0.1, 0.15) is 41.6 Å². The number of halogens is 1. The molecule has 0 spiro atoms. The highest BCUT2D eigenvalue weighted by Gasteiger charge is 2.42. The molecular formula is C23H21BrN2O3S. The van der Waals surface area contributed by atoms with Crippen molar-refractivity contribution in [2.75, 3.05) is 13.7 Å². The van der Waals surface area contributed by atoms with Gasteiger partial charge >= 0.3 is 0 Å². The predicted molar refractivity (Wildman–Crippen MR) is 122 cm³/mol. The first-order chi connectivity index (χ1) is 14.7. The van der Waals surface area contributed by atoms with Crippen LogP contribution in [-0.2, 0) is 0 Å². The van der Waals surface area contributed by atoms with Crippen LogP contribution >= 0.6 is 27.3 Å². The van der Waals surface area contributed by atoms with E-state index in [0.29, 0.717) is 18.1 Å². The van der Waals surface area contributed by atoms with Gasteiger partial charge in [0.15, 0.2) is 11.5 Å². The van der Waals surface area contributed by atoms with Crippen molar-refractivity contribution >= 4 is 33.0 Å². The summed E-state index contributed by atoms with van der Waals surface area (Å²) in [6.45, 7) is 2.52. The topological polar surface area (TPSA) is 43.3 Å². The fourth-order valence-corrected chi connectivity index (χ4v) is 5.24. The average molecular weight is 485 g/mol. The minimum Gasteiger partial charge on any atom is -0.493 e. The lowest BCUT2D eigenvalue weighted by Crippen LogP contribution is -2.34. The first-order valence-corrected chi connectivity index (χ1v) is 11.5. The zero-order valence-corrected chi connectivity index (χ0v) is 19.1. The molecule has 0 unspecified atom stereocenters. The largest absolute Gasteiger partial charge is 0.493 e. The first-order valence-electron chi connectivity index (χ1n) is 9.85. The van der Waals surface area contributed by atoms with Crippen LogP contribution in [0.15, 0.2) is 63.5 Å². The van der Waals surface area contributed by atoms with Gasteiger partial charge in [-0.3, -0.25) is 0 Å². The fourth-order valence-electron chi connectivity index (χ4n) is 4.00. The Bertz CT molecular complexity index is 1100. The summed E-state index contributed by atoms with van der Waals surface area (Å²) < 4.78 is 18.7. The molecule has 0 aliphatic carbocycles. The van der Waals surface area contributed by atoms with Gasteiger partial charge in [0.25, 0.3) is 0 Å². The van der Waals surface area contributed by atoms with Crippen molar-refractivity contribution in [2.45, 2.75) is 25.6 Å². The first kappa shape index (κ1) is 19.5. The second kappa shape index (κ2) is 7.96. The summed E-state index contributed by atoms with van der Waals surface area (Å²) in [5, 5.41) is 9.18. The summed E-state index contributed by atoms with van der Waals surface area (Å²) in [5.41, 5.74) is 3.21. The number of para-hydroxylation sites is 1. The van der Waals surface area contributed by atoms with Crippen LogP contribution in [0.5, 0.6) is 17.2 Å². The van der Waals surface area contributed by atoms with Gasteiger partial charge in [0.2, 0.25) is 6.23 Å². The summed E-state index contributed by atoms with van der Waals surface area (Å²) in [4.78, 5) is 1.20. The molecule has 2 aliphatic heterocycles. The van der Waals surface area contributed by atoms with Crippen molar-refractivity contribution < 1.29 is 14.2 Å². The number of nitrogens with zero attached hydrogens (tertiary/aromatic N) is 2. The maximum Gasteiger partial charge on any atom is 0.215 e. The number of thiophene rings is 1. The number of methoxy groups -OCH3 is 1. The third-order valence-electron chi connectivity index (χ3n) is 5.35. The summed E-state index contributed by atoms with van der Waals surface area (Å²) in [6, 6.07) is 16.5. The molecule has 2 aliphatic rings. The highest BCUT2D eigenvalue weighted by Crippen LogP contribution is 2.49. The summed E-state index contributed by atoms with van der Waals surface area (Å²) >= 11 is 5.43. The van der Waals surface area contributed by atoms with E-state index in [2.05, 4.69) is 50.6 Å². The maximum absolute atomic E-state index is 6.48. The Hall–Kier alpha value is -2.51. The van der Waals surface area contributed by atoms with Gasteiger partial charge in [0.05, 0.1) is 30.3 Å². The molecule has 2 aromatic carbocycles. The van der Waals surface area contributed by atoms with Gasteiger partial charge in [-0.1, -0.05) is 40.2 Å². The molecule has 0 radical (unpaired) electrons. The van der Waals surface area contributed by atoms with E-state index < -0.39 is 0 Å². The molecule has 0 N–H and O–H groups in total. The SMILES string of the molecule is CCOc1cc([C@H]2Oc3ccccc3[C@@H]3CC(c4cccs4)=NN23)c(Br)cc1OC. The van der Waals surface area contributed by atoms with Gasteiger partial charge in [0.1, 0.15) is 5.75 Å². The van der Waals surface area contributed by atoms with E-state index in [-0.39, 0.29) is 12.3 Å². The molecule has 0 saturated heterocycles. The summed E-state index contributed by atoms with van der Waals surface area (Å²) in [5.74, 6) is 2.27. The lowest BCUT2D eigenvalue weighted by molar-refractivity contribution is -0.0196. The van der Waals surface area contributed by atoms with Crippen LogP contribution in [0.2, 0.25) is 0 Å². The Morgan fingerprint density at radius 2 is 2.03 bits per heavy atom. The smallest absolute Gasteiger partial charge is 0.215 e. The lowest BCUT2D eigenvalue weighted by Gasteiger charge is -2.38. The normalized spacial score (nSPS) is 19.6. The van der Waals surface area contributed by atoms with Gasteiger partial charge in [-0.25, -0.2) is 5.01 Å². The molecule has 0 bridgehead atoms. The molecule has 3 aromatic rings. The van der Waals surface area contributed by atoms with E-state index in [0.717, 1.165) is 27.9 Å². The molecule has 2 atom stereocenters. The van der Waals surface area contributed by atoms with E-state index in [4.69, 9.17) is 19.3 Å². The third-order valence-corrected chi connectivity index (χ3v) is 6.96. The van der Waals surface area contributed by atoms with Gasteiger partial charge in [-0.15, -0.1) is 11.3 Å². The van der Waals surface area contributed by atoms with Crippen LogP contribution in [0.4, 0.5) is 0 Å². The molecule has 5 rings (SSSR count). The number of hydrogen-bond acceptors (Lipinski definition) is 6. The molecule has 3 heterocycles. The van der Waals surface area contributed by atoms with Crippen molar-refractivity contribution in [3.8, 4) is 17.2 Å². The second-order valence-electron chi connectivity index (χ2n) is 7.09. The van der Waals surface area contributed by atoms with E-state index in [9.17, 15) is 0 Å². The maximum atomic E-state index is 6.48. The van der Waals surface area contributed by atoms with Crippen LogP contribution < -0.4 is 14.2 Å². The van der Waals surface area contributed by atoms with Gasteiger partial charge < -0.3 is 14.2 Å². The molecule has 1 aromatic heterocycles. The molecular weight excluding hydrogens is 464 g/mol. The van der Waals surface area contributed by atoms with E-state index in [1.807, 2.05) is 31.2 Å². The Balaban J connectivity index is 1.62. The predicted octanol–water partition coefficient (Wildman–Crippen LogP) is 6.16. The number of ether oxygens (including phenoxy) is 3. The molecule has 154 valence electrons. The Labute approximate surface area is 188 Å². The Kier molecular flexibility index (Phi) is 5.16. The highest BCUT2D eigenvalue weighted by atomic mass is 79.9. The number of hydrogen-bond donors (Lipinski definition) is 0. The van der Waals surface area contributed by atoms with Crippen LogP contribution in [0.25, 0.3) is 0 Å². The lowest BCUT2D eigenvalue weighted by atomic mass is 9.97. The minimum absolute atomic E-state index is 0.126. The fraction of sp³-hybridized carbons (Fsp3) is 0.261. The highest BCUT2D eigenvalue weighted by molar-refractivity contribution is 9.10. The standard InChI is InChI=1S/C23H21BrN2O3S/c1-3-28-21-11-15(16(24)12-20(21)27-2)23-26-18(14-7-4-5-8-19(14)29-23)13-17(25-26)22-9-6-10-30-22/h4-12,18,23H,3,13H2,1-2H3/t18-,23+/m0/s1. The molecule has 0 fully saturated rings. The second-order valence-corrected chi connectivity index (χ2v) is 8.89. The van der Waals surface area contributed by atoms with Crippen LogP contribution in [0, 0.1) is 0 Å². The number of benzene rings is 2. The van der Waals surface area contributed by atoms with Gasteiger partial charge in [-0.2, -0.15) is 5.10 Å². The average Bonchev–Trinajstić information content (AvgIpc) is 3.44. The van der Waals surface area contributed by atoms with Crippen molar-refractivity contribution in [2.24, 2.45) is 5.10 Å². The zero-order chi connectivity index (χ0) is 20.7. The number of hydrazone groups is 1. The van der Waals surface area contributed by atoms with E-state index in [1.165, 1.54) is 10.4 Å². The molecule has 30 heavy (non-hydrogen) atoms. The van der Waals surface area contributed by atoms with Crippen LogP contribution in [-0.4, -0.2) is 24.4 Å². The Morgan fingerprint density at radius 3 is 2.80 bits per heavy atom. The molecule has 7 heteroatoms. The molecule has 5 nitrogen and oxygen atoms in total. The van der Waals surface area contributed by atoms with Crippen molar-refractivity contribution in [1.82, 2.24) is 5.01 Å². The zero-order valence-electron chi connectivity index (χ0n) is 16.7. The number of rotatable bonds is 5. The van der Waals surface area contributed by atoms with Crippen molar-refractivity contribution in [3.05, 3.63) is 74.4 Å².